The topological polar surface area (TPSA) is 64.7 Å². The number of rotatable bonds is 1. The molecule has 0 unspecified atom stereocenters. The van der Waals surface area contributed by atoms with Crippen LogP contribution >= 0.6 is 0 Å². The molecule has 0 spiro atoms. The van der Waals surface area contributed by atoms with Gasteiger partial charge in [-0.2, -0.15) is 0 Å². The van der Waals surface area contributed by atoms with Gasteiger partial charge in [-0.05, 0) is 18.2 Å². The molecule has 0 saturated heterocycles. The molecule has 0 atom stereocenters. The van der Waals surface area contributed by atoms with Crippen LogP contribution in [0.5, 0.6) is 0 Å². The Kier molecular flexibility index (Phi) is 1.68. The van der Waals surface area contributed by atoms with Gasteiger partial charge in [-0.15, -0.1) is 5.10 Å². The third-order valence-electron chi connectivity index (χ3n) is 2.11. The Hall–Kier alpha value is -2.30. The lowest BCUT2D eigenvalue weighted by molar-refractivity contribution is 0.393. The Morgan fingerprint density at radius 1 is 1.07 bits per heavy atom. The van der Waals surface area contributed by atoms with Crippen molar-refractivity contribution >= 4 is 10.9 Å². The Morgan fingerprint density at radius 3 is 2.93 bits per heavy atom. The summed E-state index contributed by atoms with van der Waals surface area (Å²) in [6.45, 7) is 0. The third kappa shape index (κ3) is 1.34. The van der Waals surface area contributed by atoms with Gasteiger partial charge in [-0.25, -0.2) is 4.98 Å². The molecule has 3 aromatic rings. The van der Waals surface area contributed by atoms with E-state index in [-0.39, 0.29) is 0 Å². The highest BCUT2D eigenvalue weighted by Crippen LogP contribution is 2.17. The zero-order valence-corrected chi connectivity index (χ0v) is 7.66. The predicted octanol–water partition coefficient (Wildman–Crippen LogP) is 1.68. The molecule has 0 fully saturated rings. The molecule has 3 heterocycles. The van der Waals surface area contributed by atoms with E-state index in [4.69, 9.17) is 0 Å². The number of fused-ring (bicyclic) bond motifs is 1. The highest BCUT2D eigenvalue weighted by Gasteiger charge is 2.04. The van der Waals surface area contributed by atoms with Gasteiger partial charge in [0, 0.05) is 23.1 Å². The lowest BCUT2D eigenvalue weighted by atomic mass is 10.2. The minimum atomic E-state index is 0.633. The van der Waals surface area contributed by atoms with E-state index in [2.05, 4.69) is 24.9 Å². The van der Waals surface area contributed by atoms with Crippen molar-refractivity contribution in [2.45, 2.75) is 0 Å². The Morgan fingerprint density at radius 2 is 2.07 bits per heavy atom. The molecule has 5 heteroatoms. The van der Waals surface area contributed by atoms with Gasteiger partial charge < -0.3 is 4.52 Å². The van der Waals surface area contributed by atoms with E-state index in [0.717, 1.165) is 16.6 Å². The van der Waals surface area contributed by atoms with Crippen LogP contribution in [-0.2, 0) is 0 Å². The van der Waals surface area contributed by atoms with E-state index in [1.165, 1.54) is 6.26 Å². The molecule has 0 bridgehead atoms. The molecule has 0 aliphatic rings. The summed E-state index contributed by atoms with van der Waals surface area (Å²) < 4.78 is 4.67. The van der Waals surface area contributed by atoms with Crippen molar-refractivity contribution < 1.29 is 4.52 Å². The molecule has 15 heavy (non-hydrogen) atoms. The van der Waals surface area contributed by atoms with Gasteiger partial charge in [-0.3, -0.25) is 4.98 Å². The van der Waals surface area contributed by atoms with Crippen LogP contribution in [0.2, 0.25) is 0 Å². The predicted molar refractivity (Wildman–Crippen MR) is 52.8 cm³/mol. The van der Waals surface area contributed by atoms with Crippen molar-refractivity contribution in [2.24, 2.45) is 0 Å². The number of aromatic nitrogens is 4. The van der Waals surface area contributed by atoms with Gasteiger partial charge in [-0.1, -0.05) is 0 Å². The number of hydrogen-bond acceptors (Lipinski definition) is 5. The van der Waals surface area contributed by atoms with Crippen molar-refractivity contribution in [2.75, 3.05) is 0 Å². The second-order valence-electron chi connectivity index (χ2n) is 3.06. The average molecular weight is 198 g/mol. The second-order valence-corrected chi connectivity index (χ2v) is 3.06. The fourth-order valence-corrected chi connectivity index (χ4v) is 1.38. The van der Waals surface area contributed by atoms with Gasteiger partial charge in [0.1, 0.15) is 0 Å². The maximum atomic E-state index is 4.67. The standard InChI is InChI=1S/C10H6N4O/c1-2-9(10-6-15-14-13-10)12-8-3-4-11-5-7(1)8/h1-6H. The first-order valence-corrected chi connectivity index (χ1v) is 4.42. The molecule has 0 aliphatic carbocycles. The Labute approximate surface area is 84.8 Å². The van der Waals surface area contributed by atoms with Gasteiger partial charge in [0.2, 0.25) is 0 Å². The number of hydrogen-bond donors (Lipinski definition) is 0. The summed E-state index contributed by atoms with van der Waals surface area (Å²) in [6, 6.07) is 5.66. The Balaban J connectivity index is 2.22. The van der Waals surface area contributed by atoms with E-state index >= 15 is 0 Å². The van der Waals surface area contributed by atoms with E-state index in [9.17, 15) is 0 Å². The zero-order chi connectivity index (χ0) is 10.1. The highest BCUT2D eigenvalue weighted by molar-refractivity contribution is 5.79. The molecule has 72 valence electrons. The van der Waals surface area contributed by atoms with Crippen molar-refractivity contribution in [3.8, 4) is 11.4 Å². The van der Waals surface area contributed by atoms with E-state index < -0.39 is 0 Å². The van der Waals surface area contributed by atoms with Gasteiger partial charge in [0.15, 0.2) is 12.0 Å². The van der Waals surface area contributed by atoms with Crippen molar-refractivity contribution in [1.29, 1.82) is 0 Å². The SMILES string of the molecule is c1cc2nc(-c3conn3)ccc2cn1. The first kappa shape index (κ1) is 8.05. The van der Waals surface area contributed by atoms with Crippen LogP contribution in [0.1, 0.15) is 0 Å². The van der Waals surface area contributed by atoms with Crippen LogP contribution in [0.25, 0.3) is 22.3 Å². The average Bonchev–Trinajstić information content (AvgIpc) is 2.82. The molecule has 3 rings (SSSR count). The molecule has 3 aromatic heterocycles. The summed E-state index contributed by atoms with van der Waals surface area (Å²) in [5.41, 5.74) is 2.26. The lowest BCUT2D eigenvalue weighted by Gasteiger charge is -1.97. The van der Waals surface area contributed by atoms with Crippen molar-refractivity contribution in [3.63, 3.8) is 0 Å². The van der Waals surface area contributed by atoms with Gasteiger partial charge in [0.05, 0.1) is 11.2 Å². The molecule has 5 nitrogen and oxygen atoms in total. The fourth-order valence-electron chi connectivity index (χ4n) is 1.38. The summed E-state index contributed by atoms with van der Waals surface area (Å²) >= 11 is 0. The minimum Gasteiger partial charge on any atom is -0.345 e. The van der Waals surface area contributed by atoms with Gasteiger partial charge in [0.25, 0.3) is 0 Å². The molecular formula is C10H6N4O. The second kappa shape index (κ2) is 3.13. The normalized spacial score (nSPS) is 10.7. The quantitative estimate of drug-likeness (QED) is 0.595. The molecule has 0 saturated carbocycles. The van der Waals surface area contributed by atoms with Crippen LogP contribution in [0.15, 0.2) is 41.4 Å². The molecule has 0 aromatic carbocycles. The molecule has 0 amide bonds. The summed E-state index contributed by atoms with van der Waals surface area (Å²) in [4.78, 5) is 8.43. The summed E-state index contributed by atoms with van der Waals surface area (Å²) in [7, 11) is 0. The largest absolute Gasteiger partial charge is 0.345 e. The first-order chi connectivity index (χ1) is 7.43. The smallest absolute Gasteiger partial charge is 0.153 e. The monoisotopic (exact) mass is 198 g/mol. The zero-order valence-electron chi connectivity index (χ0n) is 7.66. The van der Waals surface area contributed by atoms with Crippen LogP contribution in [0.3, 0.4) is 0 Å². The summed E-state index contributed by atoms with van der Waals surface area (Å²) in [5, 5.41) is 8.20. The van der Waals surface area contributed by atoms with E-state index in [0.29, 0.717) is 5.69 Å². The summed E-state index contributed by atoms with van der Waals surface area (Å²) in [6.07, 6.45) is 4.95. The number of pyridine rings is 2. The molecule has 0 radical (unpaired) electrons. The van der Waals surface area contributed by atoms with Crippen molar-refractivity contribution in [1.82, 2.24) is 20.3 Å². The maximum absolute atomic E-state index is 4.67. The third-order valence-corrected chi connectivity index (χ3v) is 2.11. The van der Waals surface area contributed by atoms with E-state index in [1.54, 1.807) is 12.4 Å². The molecule has 0 N–H and O–H groups in total. The van der Waals surface area contributed by atoms with Crippen LogP contribution < -0.4 is 0 Å². The van der Waals surface area contributed by atoms with Crippen LogP contribution in [-0.4, -0.2) is 20.3 Å². The molecular weight excluding hydrogens is 192 g/mol. The fraction of sp³-hybridized carbons (Fsp3) is 0. The van der Waals surface area contributed by atoms with Crippen molar-refractivity contribution in [3.05, 3.63) is 36.9 Å². The Bertz CT molecular complexity index is 591. The highest BCUT2D eigenvalue weighted by atomic mass is 16.5. The first-order valence-electron chi connectivity index (χ1n) is 4.42. The van der Waals surface area contributed by atoms with Crippen LogP contribution in [0.4, 0.5) is 0 Å². The minimum absolute atomic E-state index is 0.633. The van der Waals surface area contributed by atoms with E-state index in [1.807, 2.05) is 18.2 Å². The number of nitrogens with zero attached hydrogens (tertiary/aromatic N) is 4. The van der Waals surface area contributed by atoms with Crippen LogP contribution in [0, 0.1) is 0 Å². The summed E-state index contributed by atoms with van der Waals surface area (Å²) in [5.74, 6) is 0. The van der Waals surface area contributed by atoms with Gasteiger partial charge >= 0.3 is 0 Å². The molecule has 0 aliphatic heterocycles. The maximum Gasteiger partial charge on any atom is 0.153 e. The lowest BCUT2D eigenvalue weighted by Crippen LogP contribution is -1.85.